The number of hydrogen-bond acceptors (Lipinski definition) is 3. The van der Waals surface area contributed by atoms with Crippen LogP contribution >= 0.6 is 15.9 Å². The van der Waals surface area contributed by atoms with Crippen LogP contribution in [0.15, 0.2) is 71.2 Å². The molecule has 3 aromatic carbocycles. The van der Waals surface area contributed by atoms with Gasteiger partial charge in [0.1, 0.15) is 18.2 Å². The fourth-order valence-corrected chi connectivity index (χ4v) is 2.85. The second-order valence-corrected chi connectivity index (χ2v) is 6.81. The van der Waals surface area contributed by atoms with Gasteiger partial charge in [-0.1, -0.05) is 28.1 Å². The largest absolute Gasteiger partial charge is 0.489 e. The van der Waals surface area contributed by atoms with Crippen LogP contribution in [0, 0.1) is 5.82 Å². The summed E-state index contributed by atoms with van der Waals surface area (Å²) in [5.41, 5.74) is 1.22. The summed E-state index contributed by atoms with van der Waals surface area (Å²) in [6.45, 7) is 0.199. The Kier molecular flexibility index (Phi) is 6.06. The molecule has 0 bridgehead atoms. The number of aromatic carboxylic acids is 1. The van der Waals surface area contributed by atoms with E-state index >= 15 is 0 Å². The van der Waals surface area contributed by atoms with Gasteiger partial charge in [0.05, 0.1) is 11.3 Å². The van der Waals surface area contributed by atoms with Crippen LogP contribution in [0.1, 0.15) is 26.3 Å². The van der Waals surface area contributed by atoms with Gasteiger partial charge in [-0.05, 0) is 60.2 Å². The summed E-state index contributed by atoms with van der Waals surface area (Å²) in [6, 6.07) is 17.1. The Morgan fingerprint density at radius 3 is 2.46 bits per heavy atom. The molecule has 0 aliphatic heterocycles. The van der Waals surface area contributed by atoms with E-state index in [-0.39, 0.29) is 23.7 Å². The van der Waals surface area contributed by atoms with E-state index in [1.807, 2.05) is 0 Å². The molecule has 5 nitrogen and oxygen atoms in total. The van der Waals surface area contributed by atoms with E-state index in [2.05, 4.69) is 21.2 Å². The van der Waals surface area contributed by atoms with Gasteiger partial charge in [0.25, 0.3) is 5.91 Å². The van der Waals surface area contributed by atoms with Crippen LogP contribution in [0.5, 0.6) is 5.75 Å². The van der Waals surface area contributed by atoms with Crippen LogP contribution in [-0.2, 0) is 6.61 Å². The van der Waals surface area contributed by atoms with Crippen molar-refractivity contribution in [3.05, 3.63) is 93.7 Å². The predicted octanol–water partition coefficient (Wildman–Crippen LogP) is 5.12. The molecule has 0 aliphatic carbocycles. The first-order chi connectivity index (χ1) is 13.4. The number of benzene rings is 3. The second kappa shape index (κ2) is 8.67. The van der Waals surface area contributed by atoms with E-state index < -0.39 is 11.9 Å². The molecule has 0 radical (unpaired) electrons. The molecule has 0 saturated heterocycles. The Morgan fingerprint density at radius 1 is 1.04 bits per heavy atom. The summed E-state index contributed by atoms with van der Waals surface area (Å²) >= 11 is 3.21. The van der Waals surface area contributed by atoms with E-state index in [0.717, 1.165) is 0 Å². The number of rotatable bonds is 6. The first kappa shape index (κ1) is 19.6. The van der Waals surface area contributed by atoms with Crippen molar-refractivity contribution in [1.82, 2.24) is 0 Å². The molecule has 3 aromatic rings. The van der Waals surface area contributed by atoms with Gasteiger partial charge in [-0.15, -0.1) is 0 Å². The molecule has 0 spiro atoms. The smallest absolute Gasteiger partial charge is 0.337 e. The first-order valence-electron chi connectivity index (χ1n) is 8.24. The monoisotopic (exact) mass is 443 g/mol. The van der Waals surface area contributed by atoms with E-state index in [4.69, 9.17) is 4.74 Å². The van der Waals surface area contributed by atoms with Crippen LogP contribution in [0.4, 0.5) is 10.1 Å². The van der Waals surface area contributed by atoms with Crippen molar-refractivity contribution in [2.24, 2.45) is 0 Å². The number of carbonyl (C=O) groups is 2. The third kappa shape index (κ3) is 4.95. The lowest BCUT2D eigenvalue weighted by molar-refractivity contribution is 0.0698. The van der Waals surface area contributed by atoms with Crippen LogP contribution < -0.4 is 10.1 Å². The third-order valence-corrected chi connectivity index (χ3v) is 4.36. The van der Waals surface area contributed by atoms with Crippen molar-refractivity contribution in [3.63, 3.8) is 0 Å². The average Bonchev–Trinajstić information content (AvgIpc) is 2.68. The molecule has 7 heteroatoms. The van der Waals surface area contributed by atoms with Crippen molar-refractivity contribution in [2.75, 3.05) is 5.32 Å². The number of nitrogens with one attached hydrogen (secondary N) is 1. The minimum Gasteiger partial charge on any atom is -0.489 e. The summed E-state index contributed by atoms with van der Waals surface area (Å²) in [4.78, 5) is 23.7. The number of carboxylic acids is 1. The van der Waals surface area contributed by atoms with Crippen LogP contribution in [0.3, 0.4) is 0 Å². The van der Waals surface area contributed by atoms with Gasteiger partial charge in [-0.3, -0.25) is 4.79 Å². The molecule has 0 aliphatic rings. The summed E-state index contributed by atoms with van der Waals surface area (Å²) in [5, 5.41) is 11.9. The molecule has 0 fully saturated rings. The predicted molar refractivity (Wildman–Crippen MR) is 106 cm³/mol. The fraction of sp³-hybridized carbons (Fsp3) is 0.0476. The van der Waals surface area contributed by atoms with E-state index in [1.54, 1.807) is 42.5 Å². The Hall–Kier alpha value is -3.19. The molecule has 0 aromatic heterocycles. The Labute approximate surface area is 168 Å². The number of anilines is 1. The molecule has 1 amide bonds. The minimum absolute atomic E-state index is 0.0160. The molecule has 28 heavy (non-hydrogen) atoms. The Bertz CT molecular complexity index is 1020. The van der Waals surface area contributed by atoms with Gasteiger partial charge in [-0.25, -0.2) is 9.18 Å². The normalized spacial score (nSPS) is 10.4. The minimum atomic E-state index is -1.14. The van der Waals surface area contributed by atoms with Gasteiger partial charge in [0, 0.05) is 10.0 Å². The lowest BCUT2D eigenvalue weighted by atomic mass is 10.1. The summed E-state index contributed by atoms with van der Waals surface area (Å²) in [5.74, 6) is -1.39. The molecule has 0 saturated carbocycles. The standard InChI is InChI=1S/C21H15BrFNO4/c22-15-6-9-19(18(11-15)21(26)27)24-20(25)14-4-7-17(8-5-14)28-12-13-2-1-3-16(23)10-13/h1-11H,12H2,(H,24,25)(H,26,27). The maximum Gasteiger partial charge on any atom is 0.337 e. The van der Waals surface area contributed by atoms with Crippen LogP contribution in [0.25, 0.3) is 0 Å². The van der Waals surface area contributed by atoms with Crippen molar-refractivity contribution in [1.29, 1.82) is 0 Å². The van der Waals surface area contributed by atoms with Crippen molar-refractivity contribution in [2.45, 2.75) is 6.61 Å². The van der Waals surface area contributed by atoms with Gasteiger partial charge in [0.2, 0.25) is 0 Å². The maximum absolute atomic E-state index is 13.2. The van der Waals surface area contributed by atoms with Gasteiger partial charge in [0.15, 0.2) is 0 Å². The zero-order valence-corrected chi connectivity index (χ0v) is 16.1. The van der Waals surface area contributed by atoms with Gasteiger partial charge in [-0.2, -0.15) is 0 Å². The molecule has 142 valence electrons. The fourth-order valence-electron chi connectivity index (χ4n) is 2.49. The van der Waals surface area contributed by atoms with Crippen LogP contribution in [-0.4, -0.2) is 17.0 Å². The number of amides is 1. The maximum atomic E-state index is 13.2. The van der Waals surface area contributed by atoms with Crippen molar-refractivity contribution in [3.8, 4) is 5.75 Å². The molecule has 0 heterocycles. The summed E-state index contributed by atoms with van der Waals surface area (Å²) in [7, 11) is 0. The second-order valence-electron chi connectivity index (χ2n) is 5.89. The molecular formula is C21H15BrFNO4. The number of carbonyl (C=O) groups excluding carboxylic acids is 1. The number of hydrogen-bond donors (Lipinski definition) is 2. The number of halogens is 2. The zero-order chi connectivity index (χ0) is 20.1. The highest BCUT2D eigenvalue weighted by atomic mass is 79.9. The average molecular weight is 444 g/mol. The van der Waals surface area contributed by atoms with Crippen LogP contribution in [0.2, 0.25) is 0 Å². The third-order valence-electron chi connectivity index (χ3n) is 3.87. The van der Waals surface area contributed by atoms with E-state index in [9.17, 15) is 19.1 Å². The first-order valence-corrected chi connectivity index (χ1v) is 9.03. The van der Waals surface area contributed by atoms with Gasteiger partial charge < -0.3 is 15.2 Å². The lowest BCUT2D eigenvalue weighted by Crippen LogP contribution is -2.14. The molecule has 2 N–H and O–H groups in total. The Morgan fingerprint density at radius 2 is 1.79 bits per heavy atom. The number of ether oxygens (including phenoxy) is 1. The highest BCUT2D eigenvalue weighted by Gasteiger charge is 2.14. The van der Waals surface area contributed by atoms with Crippen molar-refractivity contribution >= 4 is 33.5 Å². The van der Waals surface area contributed by atoms with Crippen molar-refractivity contribution < 1.29 is 23.8 Å². The Balaban J connectivity index is 1.66. The topological polar surface area (TPSA) is 75.6 Å². The quantitative estimate of drug-likeness (QED) is 0.554. The highest BCUT2D eigenvalue weighted by molar-refractivity contribution is 9.10. The lowest BCUT2D eigenvalue weighted by Gasteiger charge is -2.10. The van der Waals surface area contributed by atoms with E-state index in [0.29, 0.717) is 21.3 Å². The number of carboxylic acid groups (broad SMARTS) is 1. The zero-order valence-electron chi connectivity index (χ0n) is 14.5. The van der Waals surface area contributed by atoms with Gasteiger partial charge >= 0.3 is 5.97 Å². The highest BCUT2D eigenvalue weighted by Crippen LogP contribution is 2.22. The molecule has 0 atom stereocenters. The molecular weight excluding hydrogens is 429 g/mol. The summed E-state index contributed by atoms with van der Waals surface area (Å²) < 4.78 is 19.4. The SMILES string of the molecule is O=C(Nc1ccc(Br)cc1C(=O)O)c1ccc(OCc2cccc(F)c2)cc1. The summed E-state index contributed by atoms with van der Waals surface area (Å²) in [6.07, 6.45) is 0. The molecule has 0 unspecified atom stereocenters. The van der Waals surface area contributed by atoms with E-state index in [1.165, 1.54) is 24.3 Å². The molecule has 3 rings (SSSR count).